The predicted octanol–water partition coefficient (Wildman–Crippen LogP) is 9.87. The van der Waals surface area contributed by atoms with E-state index in [0.717, 1.165) is 39.3 Å². The lowest BCUT2D eigenvalue weighted by molar-refractivity contribution is 0.661. The van der Waals surface area contributed by atoms with Crippen molar-refractivity contribution in [1.82, 2.24) is 14.5 Å². The van der Waals surface area contributed by atoms with Crippen LogP contribution in [0.5, 0.6) is 0 Å². The average molecular weight is 596 g/mol. The lowest BCUT2D eigenvalue weighted by atomic mass is 10.1. The van der Waals surface area contributed by atoms with Gasteiger partial charge in [-0.05, 0) is 35.9 Å². The van der Waals surface area contributed by atoms with Crippen LogP contribution in [-0.4, -0.2) is 20.9 Å². The topological polar surface area (TPSA) is 46.6 Å². The second-order valence-corrected chi connectivity index (χ2v) is 11.1. The summed E-state index contributed by atoms with van der Waals surface area (Å²) in [5.74, 6) is 1.46. The summed E-state index contributed by atoms with van der Waals surface area (Å²) in [6, 6.07) is 53.1. The molecule has 0 bridgehead atoms. The number of aliphatic imine (C=N–C) groups is 2. The van der Waals surface area contributed by atoms with Gasteiger partial charge in [0.2, 0.25) is 5.96 Å². The Morgan fingerprint density at radius 2 is 1.11 bits per heavy atom. The van der Waals surface area contributed by atoms with E-state index >= 15 is 0 Å². The standard InChI is InChI=1S/C39H27N5.C2H6/c1-4-14-26(15-5-1)37-40-38(27-16-6-2-7-17-27)42-39(41-37)44-32-22-12-10-20-29(32)30-24-25-34-35(36(30)44)31-21-11-13-23-33(31)43(34)28-18-8-3-9-19-28;1-2/h1-25,37H,(H,40,41,42);1-2H3. The van der Waals surface area contributed by atoms with Crippen LogP contribution < -0.4 is 5.32 Å². The summed E-state index contributed by atoms with van der Waals surface area (Å²) in [5.41, 5.74) is 7.75. The van der Waals surface area contributed by atoms with Crippen LogP contribution in [0, 0.1) is 0 Å². The van der Waals surface area contributed by atoms with Gasteiger partial charge >= 0.3 is 0 Å². The zero-order valence-electron chi connectivity index (χ0n) is 25.8. The first-order valence-electron chi connectivity index (χ1n) is 15.9. The largest absolute Gasteiger partial charge is 0.330 e. The maximum Gasteiger partial charge on any atom is 0.211 e. The number of amidine groups is 1. The molecule has 1 aliphatic rings. The summed E-state index contributed by atoms with van der Waals surface area (Å²) in [4.78, 5) is 10.3. The highest BCUT2D eigenvalue weighted by Crippen LogP contribution is 2.40. The maximum atomic E-state index is 5.23. The number of hydrogen-bond acceptors (Lipinski definition) is 3. The lowest BCUT2D eigenvalue weighted by Gasteiger charge is -2.25. The molecule has 5 nitrogen and oxygen atoms in total. The Kier molecular flexibility index (Phi) is 6.92. The molecular formula is C41H33N5. The number of rotatable bonds is 3. The summed E-state index contributed by atoms with van der Waals surface area (Å²) < 4.78 is 4.67. The molecule has 0 radical (unpaired) electrons. The second-order valence-electron chi connectivity index (χ2n) is 11.1. The third-order valence-electron chi connectivity index (χ3n) is 8.57. The van der Waals surface area contributed by atoms with Gasteiger partial charge in [-0.2, -0.15) is 4.99 Å². The number of hydrogen-bond donors (Lipinski definition) is 1. The highest BCUT2D eigenvalue weighted by atomic mass is 15.3. The lowest BCUT2D eigenvalue weighted by Crippen LogP contribution is -2.37. The SMILES string of the molecule is CC.c1ccc(C2=NC(c3ccccc3)NC(n3c4ccccc4c4ccc5c(c6ccccc6n5-c5ccccc5)c43)=N2)cc1. The van der Waals surface area contributed by atoms with Gasteiger partial charge in [0, 0.05) is 32.8 Å². The van der Waals surface area contributed by atoms with Gasteiger partial charge in [-0.25, -0.2) is 4.99 Å². The minimum absolute atomic E-state index is 0.292. The van der Waals surface area contributed by atoms with Crippen molar-refractivity contribution < 1.29 is 0 Å². The van der Waals surface area contributed by atoms with Crippen LogP contribution in [0.3, 0.4) is 0 Å². The van der Waals surface area contributed by atoms with Crippen LogP contribution in [0.15, 0.2) is 162 Å². The van der Waals surface area contributed by atoms with Crippen molar-refractivity contribution in [1.29, 1.82) is 0 Å². The van der Waals surface area contributed by atoms with Crippen LogP contribution in [0.1, 0.15) is 31.1 Å². The molecule has 1 unspecified atom stereocenters. The molecule has 0 saturated heterocycles. The van der Waals surface area contributed by atoms with Gasteiger partial charge < -0.3 is 9.88 Å². The molecule has 5 heteroatoms. The molecule has 0 saturated carbocycles. The number of benzene rings is 6. The van der Waals surface area contributed by atoms with Crippen LogP contribution in [-0.2, 0) is 0 Å². The first-order valence-corrected chi connectivity index (χ1v) is 15.9. The Bertz CT molecular complexity index is 2400. The summed E-state index contributed by atoms with van der Waals surface area (Å²) in [6.07, 6.45) is -0.292. The van der Waals surface area contributed by atoms with Crippen molar-refractivity contribution in [2.24, 2.45) is 9.98 Å². The molecular weight excluding hydrogens is 562 g/mol. The second kappa shape index (κ2) is 11.5. The first-order chi connectivity index (χ1) is 22.8. The van der Waals surface area contributed by atoms with Crippen molar-refractivity contribution in [3.63, 3.8) is 0 Å². The molecule has 0 amide bonds. The fourth-order valence-corrected chi connectivity index (χ4v) is 6.66. The molecule has 0 aliphatic carbocycles. The zero-order valence-corrected chi connectivity index (χ0v) is 25.8. The van der Waals surface area contributed by atoms with Crippen molar-refractivity contribution in [3.8, 4) is 5.69 Å². The number of para-hydroxylation sites is 3. The number of fused-ring (bicyclic) bond motifs is 7. The van der Waals surface area contributed by atoms with Gasteiger partial charge in [-0.15, -0.1) is 0 Å². The third kappa shape index (κ3) is 4.39. The summed E-state index contributed by atoms with van der Waals surface area (Å²) in [7, 11) is 0. The fraction of sp³-hybridized carbons (Fsp3) is 0.0732. The Hall–Kier alpha value is -5.94. The van der Waals surface area contributed by atoms with Gasteiger partial charge in [-0.1, -0.05) is 135 Å². The molecule has 3 heterocycles. The van der Waals surface area contributed by atoms with E-state index in [0.29, 0.717) is 5.84 Å². The van der Waals surface area contributed by atoms with E-state index in [1.807, 2.05) is 38.1 Å². The minimum atomic E-state index is -0.292. The van der Waals surface area contributed by atoms with E-state index in [1.54, 1.807) is 0 Å². The van der Waals surface area contributed by atoms with E-state index in [1.165, 1.54) is 27.1 Å². The molecule has 1 atom stereocenters. The molecule has 8 aromatic rings. The molecule has 0 fully saturated rings. The van der Waals surface area contributed by atoms with Crippen molar-refractivity contribution in [3.05, 3.63) is 163 Å². The Morgan fingerprint density at radius 3 is 1.83 bits per heavy atom. The van der Waals surface area contributed by atoms with Gasteiger partial charge in [-0.3, -0.25) is 4.57 Å². The Labute approximate surface area is 267 Å². The normalized spacial score (nSPS) is 14.5. The summed E-state index contributed by atoms with van der Waals surface area (Å²) in [5, 5.41) is 8.50. The van der Waals surface area contributed by atoms with Crippen molar-refractivity contribution in [2.45, 2.75) is 20.0 Å². The van der Waals surface area contributed by atoms with Gasteiger partial charge in [0.15, 0.2) is 5.84 Å². The summed E-state index contributed by atoms with van der Waals surface area (Å²) >= 11 is 0. The van der Waals surface area contributed by atoms with Gasteiger partial charge in [0.05, 0.1) is 22.1 Å². The number of nitrogens with zero attached hydrogens (tertiary/aromatic N) is 4. The van der Waals surface area contributed by atoms with Crippen molar-refractivity contribution in [2.75, 3.05) is 0 Å². The molecule has 6 aromatic carbocycles. The molecule has 46 heavy (non-hydrogen) atoms. The predicted molar refractivity (Wildman–Crippen MR) is 193 cm³/mol. The van der Waals surface area contributed by atoms with Crippen LogP contribution >= 0.6 is 0 Å². The van der Waals surface area contributed by atoms with Gasteiger partial charge in [0.1, 0.15) is 6.17 Å². The third-order valence-corrected chi connectivity index (χ3v) is 8.57. The van der Waals surface area contributed by atoms with Crippen LogP contribution in [0.2, 0.25) is 0 Å². The number of aromatic nitrogens is 2. The first kappa shape index (κ1) is 27.6. The molecule has 0 spiro atoms. The molecule has 2 aromatic heterocycles. The van der Waals surface area contributed by atoms with E-state index in [2.05, 4.69) is 142 Å². The van der Waals surface area contributed by atoms with Gasteiger partial charge in [0.25, 0.3) is 0 Å². The highest BCUT2D eigenvalue weighted by molar-refractivity contribution is 6.28. The minimum Gasteiger partial charge on any atom is -0.330 e. The average Bonchev–Trinajstić information content (AvgIpc) is 3.66. The highest BCUT2D eigenvalue weighted by Gasteiger charge is 2.26. The summed E-state index contributed by atoms with van der Waals surface area (Å²) in [6.45, 7) is 4.00. The van der Waals surface area contributed by atoms with Crippen molar-refractivity contribution >= 4 is 55.4 Å². The quantitative estimate of drug-likeness (QED) is 0.217. The Morgan fingerprint density at radius 1 is 0.522 bits per heavy atom. The van der Waals surface area contributed by atoms with E-state index < -0.39 is 0 Å². The van der Waals surface area contributed by atoms with E-state index in [-0.39, 0.29) is 6.17 Å². The van der Waals surface area contributed by atoms with E-state index in [9.17, 15) is 0 Å². The van der Waals surface area contributed by atoms with Crippen LogP contribution in [0.4, 0.5) is 0 Å². The molecule has 9 rings (SSSR count). The Balaban J connectivity index is 0.00000153. The zero-order chi connectivity index (χ0) is 31.0. The smallest absolute Gasteiger partial charge is 0.211 e. The van der Waals surface area contributed by atoms with E-state index in [4.69, 9.17) is 9.98 Å². The van der Waals surface area contributed by atoms with Crippen LogP contribution in [0.25, 0.3) is 49.3 Å². The monoisotopic (exact) mass is 595 g/mol. The molecule has 222 valence electrons. The maximum absolute atomic E-state index is 5.23. The molecule has 1 N–H and O–H groups in total. The number of nitrogens with one attached hydrogen (secondary N) is 1. The fourth-order valence-electron chi connectivity index (χ4n) is 6.66. The molecule has 1 aliphatic heterocycles.